The molecular weight excluding hydrogens is 286 g/mol. The number of aromatic nitrogens is 1. The number of aromatic amines is 1. The Morgan fingerprint density at radius 2 is 1.70 bits per heavy atom. The molecule has 8 nitrogen and oxygen atoms in total. The lowest BCUT2D eigenvalue weighted by atomic mass is 10.3. The van der Waals surface area contributed by atoms with Crippen molar-refractivity contribution in [3.05, 3.63) is 46.9 Å². The van der Waals surface area contributed by atoms with E-state index in [1.807, 2.05) is 0 Å². The van der Waals surface area contributed by atoms with E-state index < -0.39 is 21.4 Å². The van der Waals surface area contributed by atoms with Gasteiger partial charge < -0.3 is 10.1 Å². The number of benzene rings is 1. The Bertz CT molecular complexity index is 809. The van der Waals surface area contributed by atoms with Gasteiger partial charge in [-0.15, -0.1) is 5.11 Å². The summed E-state index contributed by atoms with van der Waals surface area (Å²) in [7, 11) is -4.26. The summed E-state index contributed by atoms with van der Waals surface area (Å²) in [6.45, 7) is 0. The molecule has 2 rings (SSSR count). The van der Waals surface area contributed by atoms with Crippen LogP contribution in [0.15, 0.2) is 56.4 Å². The van der Waals surface area contributed by atoms with Crippen molar-refractivity contribution in [2.75, 3.05) is 0 Å². The van der Waals surface area contributed by atoms with Crippen LogP contribution in [0.5, 0.6) is 5.75 Å². The van der Waals surface area contributed by atoms with Crippen LogP contribution in [-0.2, 0) is 10.1 Å². The van der Waals surface area contributed by atoms with Crippen LogP contribution in [0.1, 0.15) is 0 Å². The first-order valence-electron chi connectivity index (χ1n) is 5.28. The van der Waals surface area contributed by atoms with Crippen LogP contribution in [-0.4, -0.2) is 23.1 Å². The molecule has 3 N–H and O–H groups in total. The number of azo groups is 1. The third-order valence-electron chi connectivity index (χ3n) is 2.32. The molecule has 1 aromatic carbocycles. The van der Waals surface area contributed by atoms with Crippen molar-refractivity contribution in [2.45, 2.75) is 4.90 Å². The summed E-state index contributed by atoms with van der Waals surface area (Å²) in [5.41, 5.74) is -0.423. The molecule has 0 amide bonds. The Kier molecular flexibility index (Phi) is 3.63. The minimum atomic E-state index is -4.26. The molecule has 1 aromatic heterocycles. The van der Waals surface area contributed by atoms with Crippen LogP contribution in [0.3, 0.4) is 0 Å². The fourth-order valence-electron chi connectivity index (χ4n) is 1.34. The normalized spacial score (nSPS) is 11.8. The molecule has 0 saturated heterocycles. The van der Waals surface area contributed by atoms with Gasteiger partial charge in [0.1, 0.15) is 5.69 Å². The molecule has 0 bridgehead atoms. The second-order valence-electron chi connectivity index (χ2n) is 3.71. The molecule has 0 unspecified atom stereocenters. The summed E-state index contributed by atoms with van der Waals surface area (Å²) < 4.78 is 30.5. The van der Waals surface area contributed by atoms with Crippen LogP contribution < -0.4 is 5.56 Å². The quantitative estimate of drug-likeness (QED) is 0.586. The fourth-order valence-corrected chi connectivity index (χ4v) is 1.82. The van der Waals surface area contributed by atoms with Crippen molar-refractivity contribution < 1.29 is 18.1 Å². The van der Waals surface area contributed by atoms with Gasteiger partial charge in [-0.2, -0.15) is 13.5 Å². The minimum absolute atomic E-state index is 0.0207. The van der Waals surface area contributed by atoms with Crippen molar-refractivity contribution in [3.63, 3.8) is 0 Å². The molecule has 20 heavy (non-hydrogen) atoms. The number of hydrogen-bond acceptors (Lipinski definition) is 6. The van der Waals surface area contributed by atoms with E-state index in [-0.39, 0.29) is 16.3 Å². The zero-order valence-electron chi connectivity index (χ0n) is 9.89. The van der Waals surface area contributed by atoms with Gasteiger partial charge in [0, 0.05) is 6.20 Å². The summed E-state index contributed by atoms with van der Waals surface area (Å²) in [4.78, 5) is 13.1. The number of nitrogens with zero attached hydrogens (tertiary/aromatic N) is 2. The Balaban J connectivity index is 2.28. The highest BCUT2D eigenvalue weighted by molar-refractivity contribution is 7.85. The Morgan fingerprint density at radius 3 is 2.30 bits per heavy atom. The highest BCUT2D eigenvalue weighted by atomic mass is 32.2. The van der Waals surface area contributed by atoms with Crippen molar-refractivity contribution in [3.8, 4) is 5.75 Å². The van der Waals surface area contributed by atoms with Crippen molar-refractivity contribution in [2.24, 2.45) is 10.2 Å². The van der Waals surface area contributed by atoms with Crippen LogP contribution in [0.2, 0.25) is 0 Å². The second kappa shape index (κ2) is 5.23. The predicted octanol–water partition coefficient (Wildman–Crippen LogP) is 1.74. The average molecular weight is 295 g/mol. The van der Waals surface area contributed by atoms with Crippen LogP contribution in [0.25, 0.3) is 0 Å². The van der Waals surface area contributed by atoms with E-state index in [0.717, 1.165) is 12.1 Å². The van der Waals surface area contributed by atoms with Crippen LogP contribution in [0.4, 0.5) is 11.4 Å². The molecule has 0 radical (unpaired) electrons. The van der Waals surface area contributed by atoms with Gasteiger partial charge in [0.05, 0.1) is 10.6 Å². The molecular formula is C11H9N3O5S. The summed E-state index contributed by atoms with van der Waals surface area (Å²) in [6, 6.07) is 6.29. The van der Waals surface area contributed by atoms with Gasteiger partial charge in [0.15, 0.2) is 0 Å². The van der Waals surface area contributed by atoms with Crippen LogP contribution >= 0.6 is 0 Å². The van der Waals surface area contributed by atoms with E-state index in [2.05, 4.69) is 15.2 Å². The van der Waals surface area contributed by atoms with Crippen LogP contribution in [0, 0.1) is 0 Å². The fraction of sp³-hybridized carbons (Fsp3) is 0. The first kappa shape index (κ1) is 13.9. The standard InChI is InChI=1S/C11H9N3O5S/c15-10-9(5-6-12-11(10)16)14-13-7-1-3-8(4-2-7)20(17,18)19/h1-6,15H,(H,12,16)(H,17,18,19). The Hall–Kier alpha value is -2.52. The van der Waals surface area contributed by atoms with E-state index in [9.17, 15) is 18.3 Å². The monoisotopic (exact) mass is 295 g/mol. The Labute approximate surface area is 113 Å². The molecule has 0 fully saturated rings. The van der Waals surface area contributed by atoms with Crippen molar-refractivity contribution in [1.29, 1.82) is 0 Å². The number of hydrogen-bond donors (Lipinski definition) is 3. The van der Waals surface area contributed by atoms with Gasteiger partial charge in [-0.1, -0.05) is 0 Å². The topological polar surface area (TPSA) is 132 Å². The third kappa shape index (κ3) is 3.08. The number of aromatic hydroxyl groups is 1. The number of H-pyrrole nitrogens is 1. The average Bonchev–Trinajstić information content (AvgIpc) is 2.40. The number of nitrogens with one attached hydrogen (secondary N) is 1. The first-order chi connectivity index (χ1) is 9.38. The molecule has 9 heteroatoms. The smallest absolute Gasteiger partial charge is 0.294 e. The SMILES string of the molecule is O=c1[nH]ccc(N=Nc2ccc(S(=O)(=O)O)cc2)c1O. The zero-order valence-corrected chi connectivity index (χ0v) is 10.7. The summed E-state index contributed by atoms with van der Waals surface area (Å²) in [5, 5.41) is 16.8. The minimum Gasteiger partial charge on any atom is -0.501 e. The van der Waals surface area contributed by atoms with Gasteiger partial charge >= 0.3 is 0 Å². The largest absolute Gasteiger partial charge is 0.501 e. The van der Waals surface area contributed by atoms with E-state index in [1.165, 1.54) is 24.4 Å². The molecule has 0 aliphatic carbocycles. The zero-order chi connectivity index (χ0) is 14.8. The molecule has 104 valence electrons. The predicted molar refractivity (Wildman–Crippen MR) is 69.2 cm³/mol. The lowest BCUT2D eigenvalue weighted by molar-refractivity contribution is 0.467. The van der Waals surface area contributed by atoms with Crippen molar-refractivity contribution >= 4 is 21.5 Å². The third-order valence-corrected chi connectivity index (χ3v) is 3.19. The van der Waals surface area contributed by atoms with Gasteiger partial charge in [-0.05, 0) is 30.3 Å². The van der Waals surface area contributed by atoms with E-state index in [0.29, 0.717) is 0 Å². The molecule has 0 saturated carbocycles. The highest BCUT2D eigenvalue weighted by Crippen LogP contribution is 2.24. The number of rotatable bonds is 3. The van der Waals surface area contributed by atoms with Gasteiger partial charge in [-0.25, -0.2) is 0 Å². The molecule has 0 atom stereocenters. The number of pyridine rings is 1. The molecule has 1 heterocycles. The van der Waals surface area contributed by atoms with Gasteiger partial charge in [0.25, 0.3) is 15.7 Å². The van der Waals surface area contributed by atoms with Gasteiger partial charge in [-0.3, -0.25) is 9.35 Å². The maximum Gasteiger partial charge on any atom is 0.294 e. The summed E-state index contributed by atoms with van der Waals surface area (Å²) in [6.07, 6.45) is 1.30. The molecule has 0 spiro atoms. The summed E-state index contributed by atoms with van der Waals surface area (Å²) >= 11 is 0. The lowest BCUT2D eigenvalue weighted by Gasteiger charge is -1.97. The Morgan fingerprint density at radius 1 is 1.05 bits per heavy atom. The maximum atomic E-state index is 11.1. The van der Waals surface area contributed by atoms with Gasteiger partial charge in [0.2, 0.25) is 5.75 Å². The van der Waals surface area contributed by atoms with E-state index in [1.54, 1.807) is 0 Å². The van der Waals surface area contributed by atoms with E-state index in [4.69, 9.17) is 4.55 Å². The molecule has 0 aliphatic heterocycles. The molecule has 2 aromatic rings. The van der Waals surface area contributed by atoms with Crippen molar-refractivity contribution in [1.82, 2.24) is 4.98 Å². The van der Waals surface area contributed by atoms with E-state index >= 15 is 0 Å². The molecule has 0 aliphatic rings. The summed E-state index contributed by atoms with van der Waals surface area (Å²) in [5.74, 6) is -0.564. The first-order valence-corrected chi connectivity index (χ1v) is 6.72. The maximum absolute atomic E-state index is 11.1. The highest BCUT2D eigenvalue weighted by Gasteiger charge is 2.08. The lowest BCUT2D eigenvalue weighted by Crippen LogP contribution is -2.02. The second-order valence-corrected chi connectivity index (χ2v) is 5.13.